The molecule has 1 N–H and O–H groups in total. The van der Waals surface area contributed by atoms with Crippen molar-refractivity contribution in [2.75, 3.05) is 23.7 Å². The van der Waals surface area contributed by atoms with Crippen LogP contribution in [0.4, 0.5) is 5.69 Å². The minimum Gasteiger partial charge on any atom is -0.457 e. The molecule has 0 heterocycles. The third-order valence-corrected chi connectivity index (χ3v) is 4.68. The van der Waals surface area contributed by atoms with Gasteiger partial charge in [0.15, 0.2) is 0 Å². The molecular formula is C19H22N2O4S. The fourth-order valence-corrected chi connectivity index (χ4v) is 3.20. The monoisotopic (exact) mass is 374 g/mol. The predicted octanol–water partition coefficient (Wildman–Crippen LogP) is 2.94. The van der Waals surface area contributed by atoms with Gasteiger partial charge in [0.05, 0.1) is 11.9 Å². The van der Waals surface area contributed by atoms with Crippen LogP contribution >= 0.6 is 0 Å². The quantitative estimate of drug-likeness (QED) is 0.685. The van der Waals surface area contributed by atoms with Gasteiger partial charge in [0.25, 0.3) is 0 Å². The Balaban J connectivity index is 2.08. The number of hydrogen-bond acceptors (Lipinski definition) is 4. The first-order valence-electron chi connectivity index (χ1n) is 8.08. The Kier molecular flexibility index (Phi) is 6.80. The summed E-state index contributed by atoms with van der Waals surface area (Å²) in [7, 11) is -3.51. The van der Waals surface area contributed by atoms with Crippen molar-refractivity contribution < 1.29 is 17.9 Å². The SMILES string of the molecule is C=CCNC(=O)CCN(c1ccc(Oc2ccccc2)cc1)S(C)(=O)=O. The molecule has 0 aliphatic rings. The number of sulfonamides is 1. The first-order chi connectivity index (χ1) is 12.4. The summed E-state index contributed by atoms with van der Waals surface area (Å²) in [6, 6.07) is 16.0. The largest absolute Gasteiger partial charge is 0.457 e. The summed E-state index contributed by atoms with van der Waals surface area (Å²) in [5, 5.41) is 2.63. The number of amides is 1. The van der Waals surface area contributed by atoms with E-state index >= 15 is 0 Å². The van der Waals surface area contributed by atoms with Crippen LogP contribution in [0, 0.1) is 0 Å². The van der Waals surface area contributed by atoms with E-state index in [1.165, 1.54) is 4.31 Å². The maximum atomic E-state index is 12.1. The molecule has 6 nitrogen and oxygen atoms in total. The number of nitrogens with zero attached hydrogens (tertiary/aromatic N) is 1. The summed E-state index contributed by atoms with van der Waals surface area (Å²) in [6.45, 7) is 3.93. The fourth-order valence-electron chi connectivity index (χ4n) is 2.27. The normalized spacial score (nSPS) is 10.8. The highest BCUT2D eigenvalue weighted by Gasteiger charge is 2.18. The minimum absolute atomic E-state index is 0.0562. The molecule has 0 bridgehead atoms. The summed E-state index contributed by atoms with van der Waals surface area (Å²) in [4.78, 5) is 11.7. The lowest BCUT2D eigenvalue weighted by Crippen LogP contribution is -2.34. The average Bonchev–Trinajstić information content (AvgIpc) is 2.61. The van der Waals surface area contributed by atoms with E-state index in [-0.39, 0.29) is 18.9 Å². The average molecular weight is 374 g/mol. The van der Waals surface area contributed by atoms with Gasteiger partial charge in [-0.15, -0.1) is 6.58 Å². The summed E-state index contributed by atoms with van der Waals surface area (Å²) >= 11 is 0. The van der Waals surface area contributed by atoms with E-state index in [9.17, 15) is 13.2 Å². The number of ether oxygens (including phenoxy) is 1. The number of carbonyl (C=O) groups excluding carboxylic acids is 1. The van der Waals surface area contributed by atoms with Gasteiger partial charge in [-0.3, -0.25) is 9.10 Å². The molecule has 7 heteroatoms. The van der Waals surface area contributed by atoms with Gasteiger partial charge in [-0.25, -0.2) is 8.42 Å². The molecule has 0 radical (unpaired) electrons. The zero-order chi connectivity index (χ0) is 19.0. The molecule has 2 aromatic carbocycles. The van der Waals surface area contributed by atoms with E-state index in [0.29, 0.717) is 23.7 Å². The van der Waals surface area contributed by atoms with Crippen LogP contribution < -0.4 is 14.4 Å². The molecule has 0 aromatic heterocycles. The summed E-state index contributed by atoms with van der Waals surface area (Å²) in [5.41, 5.74) is 0.476. The Hall–Kier alpha value is -2.80. The second-order valence-corrected chi connectivity index (χ2v) is 7.49. The van der Waals surface area contributed by atoms with E-state index in [2.05, 4.69) is 11.9 Å². The van der Waals surface area contributed by atoms with Crippen molar-refractivity contribution in [3.8, 4) is 11.5 Å². The lowest BCUT2D eigenvalue weighted by molar-refractivity contribution is -0.120. The van der Waals surface area contributed by atoms with Gasteiger partial charge in [0.2, 0.25) is 15.9 Å². The van der Waals surface area contributed by atoms with E-state index < -0.39 is 10.0 Å². The molecule has 0 spiro atoms. The van der Waals surface area contributed by atoms with Gasteiger partial charge in [0.1, 0.15) is 11.5 Å². The summed E-state index contributed by atoms with van der Waals surface area (Å²) in [6.07, 6.45) is 2.74. The van der Waals surface area contributed by atoms with Crippen molar-refractivity contribution in [2.45, 2.75) is 6.42 Å². The van der Waals surface area contributed by atoms with Gasteiger partial charge < -0.3 is 10.1 Å². The van der Waals surface area contributed by atoms with Crippen molar-refractivity contribution in [1.29, 1.82) is 0 Å². The molecule has 0 aliphatic heterocycles. The van der Waals surface area contributed by atoms with Crippen LogP contribution in [-0.4, -0.2) is 33.7 Å². The Morgan fingerprint density at radius 3 is 2.31 bits per heavy atom. The van der Waals surface area contributed by atoms with E-state index in [1.54, 1.807) is 30.3 Å². The molecule has 26 heavy (non-hydrogen) atoms. The third-order valence-electron chi connectivity index (χ3n) is 3.49. The third kappa shape index (κ3) is 5.93. The van der Waals surface area contributed by atoms with Gasteiger partial charge in [-0.2, -0.15) is 0 Å². The van der Waals surface area contributed by atoms with E-state index in [4.69, 9.17) is 4.74 Å². The molecule has 0 saturated heterocycles. The molecular weight excluding hydrogens is 352 g/mol. The number of para-hydroxylation sites is 1. The van der Waals surface area contributed by atoms with E-state index in [1.807, 2.05) is 30.3 Å². The van der Waals surface area contributed by atoms with Gasteiger partial charge in [-0.05, 0) is 36.4 Å². The van der Waals surface area contributed by atoms with Crippen molar-refractivity contribution in [3.05, 3.63) is 67.3 Å². The molecule has 138 valence electrons. The number of nitrogens with one attached hydrogen (secondary N) is 1. The Morgan fingerprint density at radius 2 is 1.73 bits per heavy atom. The van der Waals surface area contributed by atoms with Crippen molar-refractivity contribution >= 4 is 21.6 Å². The van der Waals surface area contributed by atoms with Crippen LogP contribution in [0.25, 0.3) is 0 Å². The second-order valence-electron chi connectivity index (χ2n) is 5.59. The van der Waals surface area contributed by atoms with Crippen LogP contribution in [0.2, 0.25) is 0 Å². The number of carbonyl (C=O) groups is 1. The second kappa shape index (κ2) is 9.05. The van der Waals surface area contributed by atoms with Crippen molar-refractivity contribution in [3.63, 3.8) is 0 Å². The maximum absolute atomic E-state index is 12.1. The molecule has 0 aliphatic carbocycles. The molecule has 2 aromatic rings. The lowest BCUT2D eigenvalue weighted by atomic mass is 10.3. The molecule has 0 unspecified atom stereocenters. The van der Waals surface area contributed by atoms with E-state index in [0.717, 1.165) is 6.26 Å². The Morgan fingerprint density at radius 1 is 1.12 bits per heavy atom. The highest BCUT2D eigenvalue weighted by Crippen LogP contribution is 2.25. The molecule has 0 atom stereocenters. The molecule has 2 rings (SSSR count). The van der Waals surface area contributed by atoms with Crippen LogP contribution in [0.1, 0.15) is 6.42 Å². The van der Waals surface area contributed by atoms with Crippen LogP contribution in [0.3, 0.4) is 0 Å². The zero-order valence-electron chi connectivity index (χ0n) is 14.6. The molecule has 1 amide bonds. The standard InChI is InChI=1S/C19H22N2O4S/c1-3-14-20-19(22)13-15-21(26(2,23)24)16-9-11-18(12-10-16)25-17-7-5-4-6-8-17/h3-12H,1,13-15H2,2H3,(H,20,22). The first-order valence-corrected chi connectivity index (χ1v) is 9.93. The fraction of sp³-hybridized carbons (Fsp3) is 0.211. The predicted molar refractivity (Wildman–Crippen MR) is 103 cm³/mol. The number of hydrogen-bond donors (Lipinski definition) is 1. The summed E-state index contributed by atoms with van der Waals surface area (Å²) in [5.74, 6) is 1.05. The topological polar surface area (TPSA) is 75.7 Å². The molecule has 0 fully saturated rings. The molecule has 0 saturated carbocycles. The van der Waals surface area contributed by atoms with Gasteiger partial charge in [-0.1, -0.05) is 24.3 Å². The number of anilines is 1. The van der Waals surface area contributed by atoms with Crippen LogP contribution in [-0.2, 0) is 14.8 Å². The first kappa shape index (κ1) is 19.5. The minimum atomic E-state index is -3.51. The summed E-state index contributed by atoms with van der Waals surface area (Å²) < 4.78 is 31.1. The van der Waals surface area contributed by atoms with Gasteiger partial charge >= 0.3 is 0 Å². The maximum Gasteiger partial charge on any atom is 0.232 e. The highest BCUT2D eigenvalue weighted by atomic mass is 32.2. The van der Waals surface area contributed by atoms with Crippen LogP contribution in [0.5, 0.6) is 11.5 Å². The van der Waals surface area contributed by atoms with Crippen LogP contribution in [0.15, 0.2) is 67.3 Å². The Labute approximate surface area is 154 Å². The smallest absolute Gasteiger partial charge is 0.232 e. The highest BCUT2D eigenvalue weighted by molar-refractivity contribution is 7.92. The van der Waals surface area contributed by atoms with Gasteiger partial charge in [0, 0.05) is 19.5 Å². The lowest BCUT2D eigenvalue weighted by Gasteiger charge is -2.22. The van der Waals surface area contributed by atoms with Crippen molar-refractivity contribution in [1.82, 2.24) is 5.32 Å². The van der Waals surface area contributed by atoms with Crippen molar-refractivity contribution in [2.24, 2.45) is 0 Å². The number of rotatable bonds is 9. The zero-order valence-corrected chi connectivity index (χ0v) is 15.4. The number of benzene rings is 2. The Bertz CT molecular complexity index is 834.